The molecule has 20 heavy (non-hydrogen) atoms. The minimum atomic E-state index is -1.98. The summed E-state index contributed by atoms with van der Waals surface area (Å²) < 4.78 is 24.6. The van der Waals surface area contributed by atoms with E-state index in [0.717, 1.165) is 0 Å². The van der Waals surface area contributed by atoms with Gasteiger partial charge in [0.15, 0.2) is 6.10 Å². The summed E-state index contributed by atoms with van der Waals surface area (Å²) in [6.45, 7) is 1.76. The number of nitrogens with one attached hydrogen (secondary N) is 1. The molecule has 1 aliphatic rings. The van der Waals surface area contributed by atoms with E-state index in [1.165, 1.54) is 0 Å². The number of hydrogen-bond donors (Lipinski definition) is 1. The summed E-state index contributed by atoms with van der Waals surface area (Å²) in [5.41, 5.74) is 0. The van der Waals surface area contributed by atoms with E-state index in [1.807, 2.05) is 0 Å². The van der Waals surface area contributed by atoms with E-state index in [-0.39, 0.29) is 6.10 Å². The van der Waals surface area contributed by atoms with Gasteiger partial charge in [0.1, 0.15) is 12.2 Å². The van der Waals surface area contributed by atoms with Crippen LogP contribution in [0.15, 0.2) is 0 Å². The molecule has 1 rings (SSSR count). The van der Waals surface area contributed by atoms with Crippen molar-refractivity contribution in [3.05, 3.63) is 0 Å². The highest BCUT2D eigenvalue weighted by Crippen LogP contribution is 2.34. The van der Waals surface area contributed by atoms with Gasteiger partial charge in [0, 0.05) is 28.4 Å². The average Bonchev–Trinajstić information content (AvgIpc) is 2.36. The highest BCUT2D eigenvalue weighted by Gasteiger charge is 2.48. The summed E-state index contributed by atoms with van der Waals surface area (Å²) in [7, 11) is 6.36. The van der Waals surface area contributed by atoms with Crippen molar-refractivity contribution in [3.8, 4) is 0 Å². The molecule has 0 radical (unpaired) electrons. The SMILES string of the molecule is CC1OC(OC(=N)C(Cl)(Cl)Cl)C(OP)C(OP)C1OP. The first-order valence-corrected chi connectivity index (χ1v) is 7.85. The van der Waals surface area contributed by atoms with E-state index in [0.29, 0.717) is 0 Å². The zero-order valence-corrected chi connectivity index (χ0v) is 16.0. The summed E-state index contributed by atoms with van der Waals surface area (Å²) in [5, 5.41) is 7.58. The predicted octanol–water partition coefficient (Wildman–Crippen LogP) is 2.62. The van der Waals surface area contributed by atoms with Gasteiger partial charge >= 0.3 is 0 Å². The Bertz CT molecular complexity index is 348. The monoisotopic (exact) mass is 403 g/mol. The van der Waals surface area contributed by atoms with Crippen LogP contribution in [-0.4, -0.2) is 40.4 Å². The third kappa shape index (κ3) is 4.73. The number of ether oxygens (including phenoxy) is 2. The maximum absolute atomic E-state index is 7.58. The van der Waals surface area contributed by atoms with E-state index in [9.17, 15) is 0 Å². The van der Waals surface area contributed by atoms with Gasteiger partial charge in [0.2, 0.25) is 12.2 Å². The van der Waals surface area contributed by atoms with Crippen LogP contribution in [0.5, 0.6) is 0 Å². The fraction of sp³-hybridized carbons (Fsp3) is 0.875. The second kappa shape index (κ2) is 8.36. The second-order valence-corrected chi connectivity index (χ2v) is 7.05. The Balaban J connectivity index is 2.88. The average molecular weight is 404 g/mol. The number of hydrogen-bond acceptors (Lipinski definition) is 6. The summed E-state index contributed by atoms with van der Waals surface area (Å²) in [5.74, 6) is -0.570. The highest BCUT2D eigenvalue weighted by molar-refractivity contribution is 7.10. The molecule has 0 spiro atoms. The normalized spacial score (nSPS) is 34.9. The molecule has 8 unspecified atom stereocenters. The summed E-state index contributed by atoms with van der Waals surface area (Å²) in [4.78, 5) is 0. The summed E-state index contributed by atoms with van der Waals surface area (Å²) in [6, 6.07) is 0. The molecule has 0 aromatic rings. The van der Waals surface area contributed by atoms with Crippen LogP contribution >= 0.6 is 63.2 Å². The van der Waals surface area contributed by atoms with Crippen molar-refractivity contribution in [3.63, 3.8) is 0 Å². The smallest absolute Gasteiger partial charge is 0.265 e. The van der Waals surface area contributed by atoms with Gasteiger partial charge in [-0.15, -0.1) is 0 Å². The lowest BCUT2D eigenvalue weighted by Gasteiger charge is -2.43. The molecule has 118 valence electrons. The van der Waals surface area contributed by atoms with Crippen LogP contribution in [0, 0.1) is 5.41 Å². The van der Waals surface area contributed by atoms with Crippen LogP contribution in [0.1, 0.15) is 6.92 Å². The minimum absolute atomic E-state index is 0.386. The first kappa shape index (κ1) is 19.5. The molecule has 1 saturated heterocycles. The Kier molecular flexibility index (Phi) is 8.16. The molecule has 0 aromatic carbocycles. The third-order valence-electron chi connectivity index (χ3n) is 2.69. The van der Waals surface area contributed by atoms with E-state index < -0.39 is 34.3 Å². The maximum atomic E-state index is 7.58. The van der Waals surface area contributed by atoms with Crippen LogP contribution in [0.25, 0.3) is 0 Å². The molecule has 8 atom stereocenters. The summed E-state index contributed by atoms with van der Waals surface area (Å²) >= 11 is 16.7. The molecule has 12 heteroatoms. The molecular formula is C8H15Cl3NO5P3. The van der Waals surface area contributed by atoms with E-state index >= 15 is 0 Å². The van der Waals surface area contributed by atoms with Gasteiger partial charge in [-0.25, -0.2) is 0 Å². The first-order valence-electron chi connectivity index (χ1n) is 5.30. The zero-order valence-electron chi connectivity index (χ0n) is 10.3. The Hall–Kier alpha value is 1.47. The van der Waals surface area contributed by atoms with Crippen LogP contribution in [0.3, 0.4) is 0 Å². The largest absolute Gasteiger partial charge is 0.445 e. The lowest BCUT2D eigenvalue weighted by Crippen LogP contribution is -2.58. The fourth-order valence-electron chi connectivity index (χ4n) is 1.74. The van der Waals surface area contributed by atoms with E-state index in [4.69, 9.17) is 63.3 Å². The number of rotatable bonds is 4. The van der Waals surface area contributed by atoms with Crippen LogP contribution in [-0.2, 0) is 23.0 Å². The van der Waals surface area contributed by atoms with Crippen molar-refractivity contribution in [1.82, 2.24) is 0 Å². The van der Waals surface area contributed by atoms with Crippen molar-refractivity contribution in [1.29, 1.82) is 5.41 Å². The van der Waals surface area contributed by atoms with Crippen LogP contribution < -0.4 is 0 Å². The Morgan fingerprint density at radius 3 is 1.95 bits per heavy atom. The molecule has 6 nitrogen and oxygen atoms in total. The quantitative estimate of drug-likeness (QED) is 0.338. The van der Waals surface area contributed by atoms with Crippen molar-refractivity contribution < 1.29 is 23.0 Å². The standard InChI is InChI=1S/C8H15Cl3NO5P3/c1-2-3(15-18)4(16-19)5(17-20)6(13-2)14-7(12)8(9,10)11/h2-6,12H,18-20H2,1H3. The van der Waals surface area contributed by atoms with Gasteiger partial charge in [0.05, 0.1) is 6.10 Å². The Morgan fingerprint density at radius 1 is 1.05 bits per heavy atom. The fourth-order valence-corrected chi connectivity index (χ4v) is 2.84. The predicted molar refractivity (Wildman–Crippen MR) is 87.2 cm³/mol. The van der Waals surface area contributed by atoms with Crippen molar-refractivity contribution >= 4 is 69.1 Å². The molecule has 0 bridgehead atoms. The maximum Gasteiger partial charge on any atom is 0.265 e. The Labute approximate surface area is 139 Å². The van der Waals surface area contributed by atoms with Crippen LogP contribution in [0.2, 0.25) is 0 Å². The minimum Gasteiger partial charge on any atom is -0.445 e. The Morgan fingerprint density at radius 2 is 1.55 bits per heavy atom. The second-order valence-electron chi connectivity index (χ2n) is 3.96. The molecule has 1 aliphatic heterocycles. The van der Waals surface area contributed by atoms with Gasteiger partial charge in [-0.1, -0.05) is 34.8 Å². The third-order valence-corrected chi connectivity index (χ3v) is 4.15. The van der Waals surface area contributed by atoms with Gasteiger partial charge in [-0.3, -0.25) is 5.41 Å². The van der Waals surface area contributed by atoms with Crippen molar-refractivity contribution in [2.75, 3.05) is 0 Å². The van der Waals surface area contributed by atoms with E-state index in [1.54, 1.807) is 6.92 Å². The van der Waals surface area contributed by atoms with Gasteiger partial charge in [0.25, 0.3) is 3.79 Å². The molecule has 0 aliphatic carbocycles. The molecule has 0 saturated carbocycles. The molecule has 0 amide bonds. The molecule has 1 N–H and O–H groups in total. The summed E-state index contributed by atoms with van der Waals surface area (Å²) in [6.07, 6.45) is -3.00. The zero-order chi connectivity index (χ0) is 15.5. The number of alkyl halides is 3. The van der Waals surface area contributed by atoms with Crippen molar-refractivity contribution in [2.24, 2.45) is 0 Å². The van der Waals surface area contributed by atoms with E-state index in [2.05, 4.69) is 28.4 Å². The first-order chi connectivity index (χ1) is 9.26. The molecule has 0 aromatic heterocycles. The van der Waals surface area contributed by atoms with Gasteiger partial charge in [-0.05, 0) is 6.92 Å². The topological polar surface area (TPSA) is 70.0 Å². The molecule has 1 heterocycles. The van der Waals surface area contributed by atoms with Gasteiger partial charge in [-0.2, -0.15) is 0 Å². The van der Waals surface area contributed by atoms with Crippen LogP contribution in [0.4, 0.5) is 0 Å². The van der Waals surface area contributed by atoms with Gasteiger partial charge < -0.3 is 23.0 Å². The van der Waals surface area contributed by atoms with Crippen molar-refractivity contribution in [2.45, 2.75) is 41.4 Å². The number of halogens is 3. The molecule has 1 fully saturated rings. The highest BCUT2D eigenvalue weighted by atomic mass is 35.6. The molecular weight excluding hydrogens is 389 g/mol. The lowest BCUT2D eigenvalue weighted by molar-refractivity contribution is -0.251. The lowest BCUT2D eigenvalue weighted by atomic mass is 10.00.